The minimum atomic E-state index is -0.219. The van der Waals surface area contributed by atoms with Crippen LogP contribution in [-0.2, 0) is 4.74 Å². The maximum atomic E-state index is 8.96. The smallest absolute Gasteiger partial charge is 0.116 e. The van der Waals surface area contributed by atoms with Crippen molar-refractivity contribution < 1.29 is 4.74 Å². The van der Waals surface area contributed by atoms with Crippen LogP contribution in [0.4, 0.5) is 0 Å². The number of hydrogen-bond donors (Lipinski definition) is 0. The molecule has 1 aliphatic heterocycles. The van der Waals surface area contributed by atoms with Crippen molar-refractivity contribution in [2.24, 2.45) is 11.3 Å². The topological polar surface area (TPSA) is 36.3 Å². The molecule has 3 heteroatoms. The van der Waals surface area contributed by atoms with Gasteiger partial charge in [0, 0.05) is 13.1 Å². The number of rotatable bonds is 4. The van der Waals surface area contributed by atoms with E-state index < -0.39 is 0 Å². The highest BCUT2D eigenvalue weighted by molar-refractivity contribution is 5.05. The molecule has 0 atom stereocenters. The molecule has 1 saturated heterocycles. The maximum absolute atomic E-state index is 8.96. The molecular weight excluding hydrogens is 164 g/mol. The Kier molecular flexibility index (Phi) is 3.29. The van der Waals surface area contributed by atoms with Gasteiger partial charge in [-0.25, -0.2) is 0 Å². The van der Waals surface area contributed by atoms with Crippen molar-refractivity contribution in [2.75, 3.05) is 33.4 Å². The van der Waals surface area contributed by atoms with Crippen LogP contribution in [0.5, 0.6) is 0 Å². The molecule has 0 spiro atoms. The molecule has 0 radical (unpaired) electrons. The summed E-state index contributed by atoms with van der Waals surface area (Å²) in [4.78, 5) is 2.22. The summed E-state index contributed by atoms with van der Waals surface area (Å²) < 4.78 is 5.09. The molecule has 0 unspecified atom stereocenters. The van der Waals surface area contributed by atoms with E-state index in [0.29, 0.717) is 19.1 Å². The molecule has 74 valence electrons. The number of nitrogens with zero attached hydrogens (tertiary/aromatic N) is 2. The van der Waals surface area contributed by atoms with Gasteiger partial charge in [0.25, 0.3) is 0 Å². The Balaban J connectivity index is 2.35. The third-order valence-electron chi connectivity index (χ3n) is 2.24. The van der Waals surface area contributed by atoms with E-state index in [2.05, 4.69) is 31.9 Å². The van der Waals surface area contributed by atoms with E-state index >= 15 is 0 Å². The van der Waals surface area contributed by atoms with Crippen LogP contribution in [0.3, 0.4) is 0 Å². The van der Waals surface area contributed by atoms with Gasteiger partial charge in [0.05, 0.1) is 19.3 Å². The highest BCUT2D eigenvalue weighted by Gasteiger charge is 2.39. The molecule has 13 heavy (non-hydrogen) atoms. The minimum absolute atomic E-state index is 0.219. The van der Waals surface area contributed by atoms with Gasteiger partial charge in [-0.05, 0) is 13.0 Å². The molecule has 0 amide bonds. The lowest BCUT2D eigenvalue weighted by atomic mass is 9.87. The van der Waals surface area contributed by atoms with Crippen molar-refractivity contribution in [3.8, 4) is 6.07 Å². The van der Waals surface area contributed by atoms with Gasteiger partial charge in [-0.15, -0.1) is 0 Å². The molecule has 1 rings (SSSR count). The first-order chi connectivity index (χ1) is 6.08. The molecule has 1 heterocycles. The van der Waals surface area contributed by atoms with E-state index in [-0.39, 0.29) is 5.41 Å². The summed E-state index contributed by atoms with van der Waals surface area (Å²) in [6.45, 7) is 7.46. The predicted octanol–water partition coefficient (Wildman–Crippen LogP) is 1.11. The number of hydrogen-bond acceptors (Lipinski definition) is 3. The standard InChI is InChI=1S/C10H18N2O/c1-9(2)4-12(3)6-10(5-11)7-13-8-10/h9H,4,6-8H2,1-3H3. The van der Waals surface area contributed by atoms with Crippen molar-refractivity contribution in [2.45, 2.75) is 13.8 Å². The van der Waals surface area contributed by atoms with Crippen LogP contribution >= 0.6 is 0 Å². The zero-order valence-electron chi connectivity index (χ0n) is 8.71. The molecular formula is C10H18N2O. The van der Waals surface area contributed by atoms with Crippen LogP contribution in [0, 0.1) is 22.7 Å². The fraction of sp³-hybridized carbons (Fsp3) is 0.900. The second-order valence-electron chi connectivity index (χ2n) is 4.48. The first kappa shape index (κ1) is 10.5. The normalized spacial score (nSPS) is 20.0. The fourth-order valence-corrected chi connectivity index (χ4v) is 1.74. The van der Waals surface area contributed by atoms with Crippen LogP contribution in [0.2, 0.25) is 0 Å². The highest BCUT2D eigenvalue weighted by Crippen LogP contribution is 2.27. The average molecular weight is 182 g/mol. The van der Waals surface area contributed by atoms with E-state index in [1.807, 2.05) is 0 Å². The van der Waals surface area contributed by atoms with Crippen molar-refractivity contribution >= 4 is 0 Å². The van der Waals surface area contributed by atoms with Crippen LogP contribution < -0.4 is 0 Å². The molecule has 1 fully saturated rings. The second kappa shape index (κ2) is 4.08. The summed E-state index contributed by atoms with van der Waals surface area (Å²) >= 11 is 0. The van der Waals surface area contributed by atoms with E-state index in [1.54, 1.807) is 0 Å². The van der Waals surface area contributed by atoms with Gasteiger partial charge in [-0.2, -0.15) is 5.26 Å². The summed E-state index contributed by atoms with van der Waals surface area (Å²) in [6.07, 6.45) is 0. The predicted molar refractivity (Wildman–Crippen MR) is 51.2 cm³/mol. The second-order valence-corrected chi connectivity index (χ2v) is 4.48. The van der Waals surface area contributed by atoms with Crippen LogP contribution in [0.25, 0.3) is 0 Å². The molecule has 0 aromatic rings. The van der Waals surface area contributed by atoms with Gasteiger partial charge in [0.1, 0.15) is 5.41 Å². The Bertz CT molecular complexity index is 203. The van der Waals surface area contributed by atoms with Gasteiger partial charge in [0.2, 0.25) is 0 Å². The lowest BCUT2D eigenvalue weighted by molar-refractivity contribution is -0.0895. The van der Waals surface area contributed by atoms with Crippen molar-refractivity contribution in [1.29, 1.82) is 5.26 Å². The summed E-state index contributed by atoms with van der Waals surface area (Å²) in [5.74, 6) is 0.654. The SMILES string of the molecule is CC(C)CN(C)CC1(C#N)COC1. The Morgan fingerprint density at radius 3 is 2.46 bits per heavy atom. The van der Waals surface area contributed by atoms with Crippen molar-refractivity contribution in [3.05, 3.63) is 0 Å². The summed E-state index contributed by atoms with van der Waals surface area (Å²) in [6, 6.07) is 2.35. The molecule has 0 N–H and O–H groups in total. The van der Waals surface area contributed by atoms with E-state index in [4.69, 9.17) is 10.00 Å². The Morgan fingerprint density at radius 2 is 2.15 bits per heavy atom. The van der Waals surface area contributed by atoms with Gasteiger partial charge >= 0.3 is 0 Å². The molecule has 0 bridgehead atoms. The molecule has 3 nitrogen and oxygen atoms in total. The third kappa shape index (κ3) is 2.68. The molecule has 0 saturated carbocycles. The zero-order valence-corrected chi connectivity index (χ0v) is 8.71. The van der Waals surface area contributed by atoms with Crippen LogP contribution in [0.15, 0.2) is 0 Å². The first-order valence-electron chi connectivity index (χ1n) is 4.75. The van der Waals surface area contributed by atoms with Crippen molar-refractivity contribution in [1.82, 2.24) is 4.90 Å². The summed E-state index contributed by atoms with van der Waals surface area (Å²) in [5.41, 5.74) is -0.219. The van der Waals surface area contributed by atoms with Crippen LogP contribution in [0.1, 0.15) is 13.8 Å². The fourth-order valence-electron chi connectivity index (χ4n) is 1.74. The summed E-state index contributed by atoms with van der Waals surface area (Å²) in [7, 11) is 2.07. The van der Waals surface area contributed by atoms with Crippen LogP contribution in [-0.4, -0.2) is 38.3 Å². The Labute approximate surface area is 80.3 Å². The lowest BCUT2D eigenvalue weighted by Crippen LogP contribution is -2.49. The first-order valence-corrected chi connectivity index (χ1v) is 4.75. The van der Waals surface area contributed by atoms with E-state index in [0.717, 1.165) is 13.1 Å². The molecule has 0 aliphatic carbocycles. The largest absolute Gasteiger partial charge is 0.378 e. The zero-order chi connectivity index (χ0) is 9.90. The number of ether oxygens (including phenoxy) is 1. The molecule has 1 aliphatic rings. The van der Waals surface area contributed by atoms with E-state index in [1.165, 1.54) is 0 Å². The quantitative estimate of drug-likeness (QED) is 0.653. The molecule has 0 aromatic heterocycles. The average Bonchev–Trinajstić information content (AvgIpc) is 1.95. The highest BCUT2D eigenvalue weighted by atomic mass is 16.5. The lowest BCUT2D eigenvalue weighted by Gasteiger charge is -2.38. The monoisotopic (exact) mass is 182 g/mol. The number of nitriles is 1. The Hall–Kier alpha value is -0.590. The van der Waals surface area contributed by atoms with Gasteiger partial charge in [-0.3, -0.25) is 0 Å². The third-order valence-corrected chi connectivity index (χ3v) is 2.24. The molecule has 0 aromatic carbocycles. The van der Waals surface area contributed by atoms with Gasteiger partial charge in [-0.1, -0.05) is 13.8 Å². The Morgan fingerprint density at radius 1 is 1.54 bits per heavy atom. The van der Waals surface area contributed by atoms with Gasteiger partial charge in [0.15, 0.2) is 0 Å². The van der Waals surface area contributed by atoms with Gasteiger partial charge < -0.3 is 9.64 Å². The maximum Gasteiger partial charge on any atom is 0.116 e. The minimum Gasteiger partial charge on any atom is -0.378 e. The summed E-state index contributed by atoms with van der Waals surface area (Å²) in [5, 5.41) is 8.96. The van der Waals surface area contributed by atoms with E-state index in [9.17, 15) is 0 Å². The van der Waals surface area contributed by atoms with Crippen molar-refractivity contribution in [3.63, 3.8) is 0 Å².